The third kappa shape index (κ3) is 9.50. The highest BCUT2D eigenvalue weighted by molar-refractivity contribution is 6.21. The lowest BCUT2D eigenvalue weighted by Crippen LogP contribution is -2.66. The first-order valence-electron chi connectivity index (χ1n) is 16.2. The molecule has 0 spiro atoms. The van der Waals surface area contributed by atoms with Crippen LogP contribution < -0.4 is 21.3 Å². The summed E-state index contributed by atoms with van der Waals surface area (Å²) in [6.45, 7) is 8.32. The number of amides is 1. The highest BCUT2D eigenvalue weighted by atomic mass is 35.5. The first-order chi connectivity index (χ1) is 19.8. The minimum atomic E-state index is -0.126. The molecule has 4 rings (SSSR count). The van der Waals surface area contributed by atoms with Crippen molar-refractivity contribution < 1.29 is 14.3 Å². The predicted octanol–water partition coefficient (Wildman–Crippen LogP) is 2.63. The van der Waals surface area contributed by atoms with Gasteiger partial charge in [-0.25, -0.2) is 0 Å². The number of hydrogen-bond donors (Lipinski definition) is 4. The fourth-order valence-electron chi connectivity index (χ4n) is 7.57. The zero-order valence-corrected chi connectivity index (χ0v) is 26.5. The van der Waals surface area contributed by atoms with Crippen LogP contribution in [-0.2, 0) is 14.3 Å². The number of hydrogen-bond acceptors (Lipinski definition) is 8. The van der Waals surface area contributed by atoms with Gasteiger partial charge in [0, 0.05) is 43.7 Å². The van der Waals surface area contributed by atoms with Gasteiger partial charge >= 0.3 is 0 Å². The molecular formula is C31H55ClN6O3. The van der Waals surface area contributed by atoms with Crippen LogP contribution in [0.3, 0.4) is 0 Å². The summed E-state index contributed by atoms with van der Waals surface area (Å²) < 4.78 is 12.5. The molecule has 0 aromatic heterocycles. The number of nitrogens with one attached hydrogen (secondary N) is 4. The maximum absolute atomic E-state index is 12.9. The number of nitrogens with zero attached hydrogens (tertiary/aromatic N) is 2. The standard InChI is InChI=1S/C31H55ClN6O3/c1-5-40-29-16-26-24(15-27(29)37-30(39)7-6-12-38(3)4)31(21(17-33)18-35-26)36-22-8-9-28(25(32)14-22)41-19-23-13-20(2)10-11-34-23/h20-29,31,34-36H,5-16,18-19H2,1-4H3,(H,37,39). The molecule has 2 heterocycles. The van der Waals surface area contributed by atoms with Gasteiger partial charge in [0.25, 0.3) is 0 Å². The molecule has 2 aliphatic heterocycles. The highest BCUT2D eigenvalue weighted by Crippen LogP contribution is 2.36. The van der Waals surface area contributed by atoms with Gasteiger partial charge in [0.2, 0.25) is 5.91 Å². The molecule has 2 saturated carbocycles. The summed E-state index contributed by atoms with van der Waals surface area (Å²) in [5.41, 5.74) is 0. The molecule has 0 aromatic carbocycles. The second-order valence-electron chi connectivity index (χ2n) is 13.3. The lowest BCUT2D eigenvalue weighted by molar-refractivity contribution is -0.124. The van der Waals surface area contributed by atoms with Crippen LogP contribution in [0.1, 0.15) is 71.6 Å². The Bertz CT molecular complexity index is 858. The van der Waals surface area contributed by atoms with Crippen LogP contribution >= 0.6 is 11.6 Å². The summed E-state index contributed by atoms with van der Waals surface area (Å²) in [5.74, 6) is 0.946. The minimum Gasteiger partial charge on any atom is -0.376 e. The van der Waals surface area contributed by atoms with Crippen molar-refractivity contribution in [2.45, 2.75) is 119 Å². The third-order valence-electron chi connectivity index (χ3n) is 9.78. The van der Waals surface area contributed by atoms with Gasteiger partial charge < -0.3 is 35.6 Å². The number of alkyl halides is 1. The maximum Gasteiger partial charge on any atom is 0.220 e. The summed E-state index contributed by atoms with van der Waals surface area (Å²) in [4.78, 5) is 15.0. The van der Waals surface area contributed by atoms with Crippen LogP contribution in [0, 0.1) is 29.1 Å². The van der Waals surface area contributed by atoms with Crippen molar-refractivity contribution in [2.75, 3.05) is 46.9 Å². The molecule has 234 valence electrons. The molecule has 0 aromatic rings. The van der Waals surface area contributed by atoms with Crippen molar-refractivity contribution in [1.29, 1.82) is 5.26 Å². The molecule has 4 aliphatic rings. The first kappa shape index (κ1) is 32.9. The lowest BCUT2D eigenvalue weighted by Gasteiger charge is -2.50. The number of piperidine rings is 2. The van der Waals surface area contributed by atoms with E-state index in [1.54, 1.807) is 0 Å². The number of fused-ring (bicyclic) bond motifs is 1. The van der Waals surface area contributed by atoms with E-state index < -0.39 is 0 Å². The van der Waals surface area contributed by atoms with Gasteiger partial charge in [0.1, 0.15) is 0 Å². The molecule has 11 unspecified atom stereocenters. The van der Waals surface area contributed by atoms with Crippen molar-refractivity contribution >= 4 is 17.5 Å². The SMILES string of the molecule is CCOC1CC2NCC(C#N)C(NC3CCC(OCC4CC(C)CCN4)C(Cl)C3)C2CC1NC(=O)CCCN(C)C. The van der Waals surface area contributed by atoms with Crippen LogP contribution in [0.5, 0.6) is 0 Å². The van der Waals surface area contributed by atoms with Crippen molar-refractivity contribution in [3.05, 3.63) is 0 Å². The van der Waals surface area contributed by atoms with Crippen molar-refractivity contribution in [3.63, 3.8) is 0 Å². The van der Waals surface area contributed by atoms with E-state index in [2.05, 4.69) is 39.2 Å². The van der Waals surface area contributed by atoms with E-state index in [1.807, 2.05) is 21.0 Å². The van der Waals surface area contributed by atoms with Crippen molar-refractivity contribution in [1.82, 2.24) is 26.2 Å². The molecule has 41 heavy (non-hydrogen) atoms. The van der Waals surface area contributed by atoms with E-state index in [4.69, 9.17) is 21.1 Å². The number of ether oxygens (including phenoxy) is 2. The molecule has 11 atom stereocenters. The van der Waals surface area contributed by atoms with Crippen LogP contribution in [0.2, 0.25) is 0 Å². The predicted molar refractivity (Wildman–Crippen MR) is 163 cm³/mol. The molecule has 2 aliphatic carbocycles. The van der Waals surface area contributed by atoms with Gasteiger partial charge in [-0.15, -0.1) is 11.6 Å². The average molecular weight is 595 g/mol. The minimum absolute atomic E-state index is 0.0210. The van der Waals surface area contributed by atoms with Crippen LogP contribution in [0.15, 0.2) is 0 Å². The first-order valence-corrected chi connectivity index (χ1v) is 16.6. The molecule has 0 bridgehead atoms. The van der Waals surface area contributed by atoms with E-state index in [1.165, 1.54) is 12.8 Å². The number of rotatable bonds is 12. The van der Waals surface area contributed by atoms with E-state index >= 15 is 0 Å². The van der Waals surface area contributed by atoms with E-state index in [0.29, 0.717) is 25.6 Å². The van der Waals surface area contributed by atoms with Gasteiger partial charge in [-0.05, 0) is 97.3 Å². The summed E-state index contributed by atoms with van der Waals surface area (Å²) in [6, 6.07) is 3.52. The van der Waals surface area contributed by atoms with Gasteiger partial charge in [-0.2, -0.15) is 5.26 Å². The topological polar surface area (TPSA) is 111 Å². The normalized spacial score (nSPS) is 39.6. The Balaban J connectivity index is 1.34. The average Bonchev–Trinajstić information content (AvgIpc) is 2.93. The quantitative estimate of drug-likeness (QED) is 0.255. The van der Waals surface area contributed by atoms with E-state index in [0.717, 1.165) is 64.1 Å². The third-order valence-corrected chi connectivity index (χ3v) is 10.2. The molecule has 9 nitrogen and oxygen atoms in total. The molecule has 10 heteroatoms. The van der Waals surface area contributed by atoms with Gasteiger partial charge in [0.05, 0.1) is 42.2 Å². The van der Waals surface area contributed by atoms with E-state index in [-0.39, 0.29) is 59.5 Å². The largest absolute Gasteiger partial charge is 0.376 e. The molecule has 2 saturated heterocycles. The highest BCUT2D eigenvalue weighted by Gasteiger charge is 2.47. The van der Waals surface area contributed by atoms with Crippen LogP contribution in [-0.4, -0.2) is 106 Å². The van der Waals surface area contributed by atoms with Gasteiger partial charge in [-0.1, -0.05) is 6.92 Å². The fraction of sp³-hybridized carbons (Fsp3) is 0.935. The smallest absolute Gasteiger partial charge is 0.220 e. The number of carbonyl (C=O) groups is 1. The molecular weight excluding hydrogens is 540 g/mol. The number of nitriles is 1. The summed E-state index contributed by atoms with van der Waals surface area (Å²) >= 11 is 6.91. The van der Waals surface area contributed by atoms with E-state index in [9.17, 15) is 10.1 Å². The summed E-state index contributed by atoms with van der Waals surface area (Å²) in [7, 11) is 4.06. The summed E-state index contributed by atoms with van der Waals surface area (Å²) in [5, 5.41) is 24.5. The van der Waals surface area contributed by atoms with Crippen molar-refractivity contribution in [3.8, 4) is 6.07 Å². The molecule has 4 fully saturated rings. The van der Waals surface area contributed by atoms with Gasteiger partial charge in [-0.3, -0.25) is 4.79 Å². The fourth-order valence-corrected chi connectivity index (χ4v) is 7.98. The molecule has 0 radical (unpaired) electrons. The molecule has 4 N–H and O–H groups in total. The number of carbonyl (C=O) groups excluding carboxylic acids is 1. The second kappa shape index (κ2) is 16.2. The Morgan fingerprint density at radius 3 is 2.63 bits per heavy atom. The van der Waals surface area contributed by atoms with Crippen LogP contribution in [0.4, 0.5) is 0 Å². The Kier molecular flexibility index (Phi) is 13.0. The zero-order valence-electron chi connectivity index (χ0n) is 25.7. The lowest BCUT2D eigenvalue weighted by atomic mass is 9.69. The Labute approximate surface area is 253 Å². The monoisotopic (exact) mass is 594 g/mol. The second-order valence-corrected chi connectivity index (χ2v) is 13.9. The summed E-state index contributed by atoms with van der Waals surface area (Å²) in [6.07, 6.45) is 8.22. The Hall–Kier alpha value is -0.990. The van der Waals surface area contributed by atoms with Crippen molar-refractivity contribution in [2.24, 2.45) is 17.8 Å². The van der Waals surface area contributed by atoms with Gasteiger partial charge in [0.15, 0.2) is 0 Å². The molecule has 1 amide bonds. The maximum atomic E-state index is 12.9. The van der Waals surface area contributed by atoms with Crippen LogP contribution in [0.25, 0.3) is 0 Å². The Morgan fingerprint density at radius 1 is 1.10 bits per heavy atom. The Morgan fingerprint density at radius 2 is 1.93 bits per heavy atom. The number of halogens is 1. The zero-order chi connectivity index (χ0) is 29.4.